The number of nitrogens with zero attached hydrogens (tertiary/aromatic N) is 5. The number of aromatic amines is 1. The number of ether oxygens (including phenoxy) is 1. The monoisotopic (exact) mass is 720 g/mol. The quantitative estimate of drug-likeness (QED) is 0.195. The normalized spacial score (nSPS) is 24.8. The van der Waals surface area contributed by atoms with E-state index in [0.29, 0.717) is 23.1 Å². The number of quaternary nitrogens is 1. The number of nitriles is 1. The standard InChI is InChI=1S/C37H41F3N6O3.CH2O2/c1-22-31(33(47)49-4)32(45-34(42-43-35(45)48)44(22)29-9-5-8-28(17-29)37(38,39)40)30-11-10-23(21-41)16-27(30)7-6-12-46(2,3)36-18-24-13-25(19-36)15-26(14-24)20-36;2-1-3/h5,8-11,16-17,24-26,32H,6-7,12-15,18-20H2,1-4H3;1H,(H,2,3)/t24?,25?,26?,32-,36?;/m1./s1. The summed E-state index contributed by atoms with van der Waals surface area (Å²) in [6.07, 6.45) is 4.79. The molecule has 276 valence electrons. The minimum absolute atomic E-state index is 0.0365. The second kappa shape index (κ2) is 13.9. The Morgan fingerprint density at radius 1 is 1.13 bits per heavy atom. The molecule has 1 N–H and O–H groups in total. The van der Waals surface area contributed by atoms with E-state index in [1.807, 2.05) is 6.07 Å². The van der Waals surface area contributed by atoms with Crippen molar-refractivity contribution in [1.29, 1.82) is 5.26 Å². The number of halogens is 3. The van der Waals surface area contributed by atoms with Crippen molar-refractivity contribution in [3.05, 3.63) is 86.5 Å². The predicted molar refractivity (Wildman–Crippen MR) is 183 cm³/mol. The number of alkyl halides is 3. The molecule has 1 atom stereocenters. The van der Waals surface area contributed by atoms with Crippen molar-refractivity contribution in [1.82, 2.24) is 14.8 Å². The van der Waals surface area contributed by atoms with Gasteiger partial charge < -0.3 is 19.1 Å². The lowest BCUT2D eigenvalue weighted by atomic mass is 9.52. The van der Waals surface area contributed by atoms with Crippen molar-refractivity contribution in [2.24, 2.45) is 17.8 Å². The maximum Gasteiger partial charge on any atom is 0.416 e. The van der Waals surface area contributed by atoms with Crippen LogP contribution in [0.3, 0.4) is 0 Å². The number of carbonyl (C=O) groups is 2. The van der Waals surface area contributed by atoms with E-state index in [0.717, 1.165) is 52.9 Å². The van der Waals surface area contributed by atoms with E-state index in [2.05, 4.69) is 30.4 Å². The maximum absolute atomic E-state index is 13.7. The average molecular weight is 721 g/mol. The molecule has 4 fully saturated rings. The van der Waals surface area contributed by atoms with Crippen LogP contribution in [0.25, 0.3) is 0 Å². The van der Waals surface area contributed by atoms with Gasteiger partial charge in [-0.1, -0.05) is 12.1 Å². The molecule has 1 aromatic heterocycles. The number of fused-ring (bicyclic) bond motifs is 1. The van der Waals surface area contributed by atoms with Crippen LogP contribution in [0, 0.1) is 29.1 Å². The van der Waals surface area contributed by atoms with Crippen LogP contribution in [-0.2, 0) is 26.9 Å². The van der Waals surface area contributed by atoms with Crippen LogP contribution in [0.15, 0.2) is 58.5 Å². The molecule has 14 heteroatoms. The topological polar surface area (TPSA) is 144 Å². The summed E-state index contributed by atoms with van der Waals surface area (Å²) in [6.45, 7) is 2.04. The van der Waals surface area contributed by atoms with Crippen molar-refractivity contribution in [2.45, 2.75) is 76.0 Å². The highest BCUT2D eigenvalue weighted by Gasteiger charge is 2.58. The fraction of sp³-hybridized carbons (Fsp3) is 0.500. The summed E-state index contributed by atoms with van der Waals surface area (Å²) in [6, 6.07) is 11.1. The summed E-state index contributed by atoms with van der Waals surface area (Å²) in [5.74, 6) is 1.80. The van der Waals surface area contributed by atoms with Gasteiger partial charge in [-0.05, 0) is 91.8 Å². The fourth-order valence-electron chi connectivity index (χ4n) is 9.95. The summed E-state index contributed by atoms with van der Waals surface area (Å²) in [4.78, 5) is 36.7. The van der Waals surface area contributed by atoms with Gasteiger partial charge in [0.1, 0.15) is 6.04 Å². The second-order valence-corrected chi connectivity index (χ2v) is 15.3. The summed E-state index contributed by atoms with van der Waals surface area (Å²) >= 11 is 0. The molecule has 0 amide bonds. The van der Waals surface area contributed by atoms with Crippen LogP contribution in [0.4, 0.5) is 24.8 Å². The SMILES string of the molecule is COC(=O)C1=C(C)N(c2cccc(C(F)(F)F)c2)c2n[nH]c(=O)n2[C@@H]1c1ccc(C#N)cc1CCC[N+](C)(C)C12CC3CC(CC(C3)C1)C2.O=C[O-]. The molecule has 0 radical (unpaired) electrons. The molecule has 2 heterocycles. The minimum Gasteiger partial charge on any atom is -0.554 e. The van der Waals surface area contributed by atoms with Crippen LogP contribution >= 0.6 is 0 Å². The number of esters is 1. The number of hydrogen-bond donors (Lipinski definition) is 1. The van der Waals surface area contributed by atoms with Gasteiger partial charge >= 0.3 is 17.8 Å². The number of H-pyrrole nitrogens is 1. The molecular weight excluding hydrogens is 677 g/mol. The number of rotatable bonds is 8. The smallest absolute Gasteiger partial charge is 0.416 e. The zero-order valence-electron chi connectivity index (χ0n) is 29.7. The highest BCUT2D eigenvalue weighted by atomic mass is 19.4. The first-order valence-electron chi connectivity index (χ1n) is 17.5. The second-order valence-electron chi connectivity index (χ2n) is 15.3. The molecule has 4 aliphatic carbocycles. The molecule has 8 rings (SSSR count). The lowest BCUT2D eigenvalue weighted by Crippen LogP contribution is -2.67. The number of nitrogens with one attached hydrogen (secondary N) is 1. The third kappa shape index (κ3) is 6.51. The van der Waals surface area contributed by atoms with Gasteiger partial charge in [0.15, 0.2) is 0 Å². The number of allylic oxidation sites excluding steroid dienone is 1. The number of hydrogen-bond acceptors (Lipinski definition) is 8. The highest BCUT2D eigenvalue weighted by molar-refractivity contribution is 5.93. The first-order chi connectivity index (χ1) is 24.7. The lowest BCUT2D eigenvalue weighted by molar-refractivity contribution is -0.948. The van der Waals surface area contributed by atoms with Crippen molar-refractivity contribution in [3.63, 3.8) is 0 Å². The van der Waals surface area contributed by atoms with Crippen molar-refractivity contribution in [2.75, 3.05) is 32.6 Å². The van der Waals surface area contributed by atoms with Gasteiger partial charge in [-0.2, -0.15) is 18.4 Å². The van der Waals surface area contributed by atoms with E-state index in [4.69, 9.17) is 14.6 Å². The molecule has 4 saturated carbocycles. The highest BCUT2D eigenvalue weighted by Crippen LogP contribution is 2.59. The van der Waals surface area contributed by atoms with Gasteiger partial charge in [-0.25, -0.2) is 19.3 Å². The van der Waals surface area contributed by atoms with Crippen molar-refractivity contribution < 1.29 is 37.1 Å². The molecule has 0 saturated heterocycles. The Hall–Kier alpha value is -4.90. The Morgan fingerprint density at radius 3 is 2.35 bits per heavy atom. The third-order valence-electron chi connectivity index (χ3n) is 12.0. The maximum atomic E-state index is 13.7. The molecule has 52 heavy (non-hydrogen) atoms. The number of aryl methyl sites for hydroxylation is 1. The first kappa shape index (κ1) is 36.9. The Balaban J connectivity index is 0.00000150. The van der Waals surface area contributed by atoms with E-state index < -0.39 is 35.9 Å². The van der Waals surface area contributed by atoms with Crippen molar-refractivity contribution in [3.8, 4) is 6.07 Å². The molecule has 1 aliphatic heterocycles. The van der Waals surface area contributed by atoms with Crippen LogP contribution in [-0.4, -0.2) is 65.0 Å². The zero-order chi connectivity index (χ0) is 37.6. The molecule has 5 aliphatic rings. The molecular formula is C38H43F3N6O5. The summed E-state index contributed by atoms with van der Waals surface area (Å²) in [5.41, 5.74) is 1.12. The Morgan fingerprint density at radius 2 is 1.77 bits per heavy atom. The van der Waals surface area contributed by atoms with E-state index in [1.165, 1.54) is 67.2 Å². The van der Waals surface area contributed by atoms with E-state index in [1.54, 1.807) is 19.1 Å². The van der Waals surface area contributed by atoms with Gasteiger partial charge in [0.2, 0.25) is 5.95 Å². The number of carboxylic acid groups (broad SMARTS) is 1. The van der Waals surface area contributed by atoms with Crippen LogP contribution in [0.2, 0.25) is 0 Å². The van der Waals surface area contributed by atoms with Gasteiger partial charge in [0.05, 0.1) is 56.1 Å². The van der Waals surface area contributed by atoms with Crippen LogP contribution in [0.5, 0.6) is 0 Å². The molecule has 11 nitrogen and oxygen atoms in total. The molecule has 0 unspecified atom stereocenters. The fourth-order valence-corrected chi connectivity index (χ4v) is 9.95. The molecule has 3 aromatic rings. The van der Waals surface area contributed by atoms with Gasteiger partial charge in [-0.15, -0.1) is 5.10 Å². The van der Waals surface area contributed by atoms with Gasteiger partial charge in [0.25, 0.3) is 0 Å². The van der Waals surface area contributed by atoms with E-state index in [-0.39, 0.29) is 22.9 Å². The average Bonchev–Trinajstić information content (AvgIpc) is 3.47. The lowest BCUT2D eigenvalue weighted by Gasteiger charge is -2.62. The summed E-state index contributed by atoms with van der Waals surface area (Å²) in [5, 5.41) is 24.8. The Kier molecular flexibility index (Phi) is 9.87. The number of anilines is 2. The summed E-state index contributed by atoms with van der Waals surface area (Å²) < 4.78 is 48.7. The first-order valence-corrected chi connectivity index (χ1v) is 17.5. The number of aromatic nitrogens is 3. The Labute approximate surface area is 299 Å². The van der Waals surface area contributed by atoms with E-state index in [9.17, 15) is 28.0 Å². The number of carbonyl (C=O) groups excluding carboxylic acids is 2. The van der Waals surface area contributed by atoms with E-state index >= 15 is 0 Å². The summed E-state index contributed by atoms with van der Waals surface area (Å²) in [7, 11) is 5.95. The van der Waals surface area contributed by atoms with Gasteiger partial charge in [-0.3, -0.25) is 4.90 Å². The largest absolute Gasteiger partial charge is 0.554 e. The Bertz CT molecular complexity index is 1960. The number of methoxy groups -OCH3 is 1. The minimum atomic E-state index is -4.61. The third-order valence-corrected chi connectivity index (χ3v) is 12.0. The van der Waals surface area contributed by atoms with Gasteiger partial charge in [0, 0.05) is 43.5 Å². The molecule has 0 spiro atoms. The van der Waals surface area contributed by atoms with Crippen LogP contribution in [0.1, 0.15) is 80.2 Å². The van der Waals surface area contributed by atoms with Crippen LogP contribution < -0.4 is 15.7 Å². The molecule has 4 bridgehead atoms. The molecule has 2 aromatic carbocycles. The zero-order valence-corrected chi connectivity index (χ0v) is 29.7. The predicted octanol–water partition coefficient (Wildman–Crippen LogP) is 4.99. The number of benzene rings is 2. The van der Waals surface area contributed by atoms with Crippen molar-refractivity contribution >= 4 is 24.1 Å².